The Morgan fingerprint density at radius 3 is 2.93 bits per heavy atom. The molecule has 3 N–H and O–H groups in total. The van der Waals surface area contributed by atoms with Gasteiger partial charge in [0.1, 0.15) is 11.2 Å². The Labute approximate surface area is 154 Å². The third kappa shape index (κ3) is 2.43. The van der Waals surface area contributed by atoms with Crippen LogP contribution >= 0.6 is 0 Å². The molecule has 0 fully saturated rings. The predicted molar refractivity (Wildman–Crippen MR) is 106 cm³/mol. The zero-order valence-corrected chi connectivity index (χ0v) is 14.7. The number of aromatic amines is 1. The highest BCUT2D eigenvalue weighted by molar-refractivity contribution is 5.85. The molecule has 5 rings (SSSR count). The average molecular weight is 355 g/mol. The molecule has 0 aliphatic heterocycles. The summed E-state index contributed by atoms with van der Waals surface area (Å²) in [6, 6.07) is 10.1. The quantitative estimate of drug-likeness (QED) is 0.515. The molecule has 0 spiro atoms. The third-order valence-corrected chi connectivity index (χ3v) is 4.73. The molecular formula is C20H17N7. The van der Waals surface area contributed by atoms with Crippen LogP contribution in [0.5, 0.6) is 0 Å². The lowest BCUT2D eigenvalue weighted by Crippen LogP contribution is -2.04. The molecule has 0 saturated carbocycles. The van der Waals surface area contributed by atoms with Gasteiger partial charge in [0.2, 0.25) is 0 Å². The molecule has 132 valence electrons. The molecule has 0 amide bonds. The first-order valence-electron chi connectivity index (χ1n) is 8.75. The third-order valence-electron chi connectivity index (χ3n) is 4.73. The van der Waals surface area contributed by atoms with E-state index >= 15 is 0 Å². The van der Waals surface area contributed by atoms with Crippen LogP contribution in [0.2, 0.25) is 0 Å². The minimum Gasteiger partial charge on any atom is -0.382 e. The van der Waals surface area contributed by atoms with Crippen LogP contribution in [0.25, 0.3) is 44.7 Å². The first kappa shape index (κ1) is 15.5. The number of imidazole rings is 1. The molecule has 0 aliphatic rings. The Hall–Kier alpha value is -3.74. The summed E-state index contributed by atoms with van der Waals surface area (Å²) in [5, 5.41) is 1.12. The van der Waals surface area contributed by atoms with Crippen LogP contribution in [0.4, 0.5) is 5.82 Å². The van der Waals surface area contributed by atoms with Crippen LogP contribution in [0, 0.1) is 0 Å². The Balaban J connectivity index is 1.70. The van der Waals surface area contributed by atoms with Crippen molar-refractivity contribution in [2.75, 3.05) is 5.73 Å². The highest BCUT2D eigenvalue weighted by atomic mass is 15.1. The molecule has 1 aromatic carbocycles. The Kier molecular flexibility index (Phi) is 3.39. The van der Waals surface area contributed by atoms with Crippen molar-refractivity contribution < 1.29 is 0 Å². The smallest absolute Gasteiger partial charge is 0.163 e. The van der Waals surface area contributed by atoms with E-state index in [0.717, 1.165) is 39.7 Å². The van der Waals surface area contributed by atoms with Crippen molar-refractivity contribution in [3.63, 3.8) is 0 Å². The Morgan fingerprint density at radius 1 is 1.11 bits per heavy atom. The van der Waals surface area contributed by atoms with Gasteiger partial charge in [-0.05, 0) is 31.2 Å². The summed E-state index contributed by atoms with van der Waals surface area (Å²) >= 11 is 0. The summed E-state index contributed by atoms with van der Waals surface area (Å²) in [5.74, 6) is 1.06. The van der Waals surface area contributed by atoms with E-state index in [1.54, 1.807) is 18.6 Å². The topological polar surface area (TPSA) is 98.3 Å². The van der Waals surface area contributed by atoms with Gasteiger partial charge >= 0.3 is 0 Å². The summed E-state index contributed by atoms with van der Waals surface area (Å²) in [5.41, 5.74) is 11.4. The van der Waals surface area contributed by atoms with Crippen LogP contribution in [0.1, 0.15) is 6.92 Å². The maximum absolute atomic E-state index is 6.17. The number of aromatic nitrogens is 6. The highest BCUT2D eigenvalue weighted by Gasteiger charge is 2.17. The molecule has 4 aromatic heterocycles. The second-order valence-corrected chi connectivity index (χ2v) is 6.31. The highest BCUT2D eigenvalue weighted by Crippen LogP contribution is 2.29. The van der Waals surface area contributed by atoms with Crippen LogP contribution in [-0.4, -0.2) is 29.5 Å². The zero-order chi connectivity index (χ0) is 18.4. The normalized spacial score (nSPS) is 11.4. The standard InChI is InChI=1S/C20H17N7/c1-2-27-17-6-7-22-10-16(17)26-20(27)18-19(21)24-11-15(25-18)12-3-4-14-13(9-12)5-8-23-14/h3-11,23H,2H2,1H3,(H2,21,24). The fraction of sp³-hybridized carbons (Fsp3) is 0.100. The fourth-order valence-corrected chi connectivity index (χ4v) is 3.40. The van der Waals surface area contributed by atoms with Crippen LogP contribution in [0.15, 0.2) is 55.1 Å². The van der Waals surface area contributed by atoms with Crippen LogP contribution < -0.4 is 5.73 Å². The second-order valence-electron chi connectivity index (χ2n) is 6.31. The van der Waals surface area contributed by atoms with Crippen molar-refractivity contribution in [2.45, 2.75) is 13.5 Å². The van der Waals surface area contributed by atoms with E-state index in [9.17, 15) is 0 Å². The zero-order valence-electron chi connectivity index (χ0n) is 14.7. The van der Waals surface area contributed by atoms with Gasteiger partial charge in [0.25, 0.3) is 0 Å². The van der Waals surface area contributed by atoms with E-state index in [-0.39, 0.29) is 0 Å². The Bertz CT molecular complexity index is 1280. The van der Waals surface area contributed by atoms with E-state index in [4.69, 9.17) is 15.7 Å². The SMILES string of the molecule is CCn1c(-c2nc(-c3ccc4[nH]ccc4c3)cnc2N)nc2cnccc21. The van der Waals surface area contributed by atoms with Gasteiger partial charge in [-0.25, -0.2) is 15.0 Å². The molecule has 27 heavy (non-hydrogen) atoms. The van der Waals surface area contributed by atoms with Gasteiger partial charge in [-0.15, -0.1) is 0 Å². The summed E-state index contributed by atoms with van der Waals surface area (Å²) in [7, 11) is 0. The predicted octanol–water partition coefficient (Wildman–Crippen LogP) is 3.64. The van der Waals surface area contributed by atoms with Gasteiger partial charge < -0.3 is 15.3 Å². The van der Waals surface area contributed by atoms with Crippen molar-refractivity contribution in [3.05, 3.63) is 55.1 Å². The first-order valence-corrected chi connectivity index (χ1v) is 8.75. The van der Waals surface area contributed by atoms with Gasteiger partial charge in [0, 0.05) is 35.4 Å². The number of hydrogen-bond donors (Lipinski definition) is 2. The number of aryl methyl sites for hydroxylation is 1. The number of pyridine rings is 1. The van der Waals surface area contributed by atoms with E-state index in [1.807, 2.05) is 30.5 Å². The fourth-order valence-electron chi connectivity index (χ4n) is 3.40. The molecule has 7 heteroatoms. The molecular weight excluding hydrogens is 338 g/mol. The van der Waals surface area contributed by atoms with Gasteiger partial charge in [-0.2, -0.15) is 0 Å². The molecule has 5 aromatic rings. The lowest BCUT2D eigenvalue weighted by molar-refractivity contribution is 0.793. The van der Waals surface area contributed by atoms with Crippen molar-refractivity contribution >= 4 is 27.8 Å². The molecule has 0 aliphatic carbocycles. The number of hydrogen-bond acceptors (Lipinski definition) is 5. The minimum absolute atomic E-state index is 0.361. The number of nitrogens with two attached hydrogens (primary N) is 1. The number of nitrogens with zero attached hydrogens (tertiary/aromatic N) is 5. The number of rotatable bonds is 3. The molecule has 0 saturated heterocycles. The van der Waals surface area contributed by atoms with E-state index in [1.165, 1.54) is 0 Å². The van der Waals surface area contributed by atoms with Crippen molar-refractivity contribution in [2.24, 2.45) is 0 Å². The molecule has 0 bridgehead atoms. The molecule has 0 radical (unpaired) electrons. The van der Waals surface area contributed by atoms with Crippen molar-refractivity contribution in [3.8, 4) is 22.8 Å². The van der Waals surface area contributed by atoms with Crippen LogP contribution in [0.3, 0.4) is 0 Å². The van der Waals surface area contributed by atoms with Crippen LogP contribution in [-0.2, 0) is 6.54 Å². The summed E-state index contributed by atoms with van der Waals surface area (Å²) in [6.45, 7) is 2.81. The molecule has 4 heterocycles. The van der Waals surface area contributed by atoms with Gasteiger partial charge in [-0.1, -0.05) is 6.07 Å². The number of H-pyrrole nitrogens is 1. The Morgan fingerprint density at radius 2 is 2.04 bits per heavy atom. The monoisotopic (exact) mass is 355 g/mol. The molecule has 7 nitrogen and oxygen atoms in total. The van der Waals surface area contributed by atoms with E-state index < -0.39 is 0 Å². The minimum atomic E-state index is 0.361. The van der Waals surface area contributed by atoms with E-state index in [2.05, 4.69) is 32.5 Å². The second kappa shape index (κ2) is 5.91. The lowest BCUT2D eigenvalue weighted by atomic mass is 10.1. The number of anilines is 1. The first-order chi connectivity index (χ1) is 13.2. The maximum Gasteiger partial charge on any atom is 0.163 e. The number of benzene rings is 1. The summed E-state index contributed by atoms with van der Waals surface area (Å²) < 4.78 is 2.08. The van der Waals surface area contributed by atoms with Crippen molar-refractivity contribution in [1.29, 1.82) is 0 Å². The number of fused-ring (bicyclic) bond motifs is 2. The largest absolute Gasteiger partial charge is 0.382 e. The average Bonchev–Trinajstić information content (AvgIpc) is 3.31. The maximum atomic E-state index is 6.17. The van der Waals surface area contributed by atoms with Gasteiger partial charge in [0.15, 0.2) is 11.6 Å². The number of nitrogen functional groups attached to an aromatic ring is 1. The molecule has 0 atom stereocenters. The van der Waals surface area contributed by atoms with Gasteiger partial charge in [-0.3, -0.25) is 4.98 Å². The van der Waals surface area contributed by atoms with E-state index in [0.29, 0.717) is 17.3 Å². The molecule has 0 unspecified atom stereocenters. The summed E-state index contributed by atoms with van der Waals surface area (Å²) in [4.78, 5) is 21.3. The van der Waals surface area contributed by atoms with Crippen molar-refractivity contribution in [1.82, 2.24) is 29.5 Å². The van der Waals surface area contributed by atoms with Gasteiger partial charge in [0.05, 0.1) is 23.6 Å². The lowest BCUT2D eigenvalue weighted by Gasteiger charge is -2.09. The number of nitrogens with one attached hydrogen (secondary N) is 1. The summed E-state index contributed by atoms with van der Waals surface area (Å²) in [6.07, 6.45) is 7.13.